The lowest BCUT2D eigenvalue weighted by molar-refractivity contribution is -0.113. The Labute approximate surface area is 176 Å². The highest BCUT2D eigenvalue weighted by Gasteiger charge is 2.14. The molecule has 0 saturated carbocycles. The summed E-state index contributed by atoms with van der Waals surface area (Å²) in [7, 11) is 0. The molecule has 144 valence electrons. The fraction of sp³-hybridized carbons (Fsp3) is 0.200. The van der Waals surface area contributed by atoms with E-state index in [0.717, 1.165) is 23.1 Å². The highest BCUT2D eigenvalue weighted by Crippen LogP contribution is 2.19. The average molecular weight is 458 g/mol. The zero-order valence-corrected chi connectivity index (χ0v) is 17.6. The second-order valence-corrected chi connectivity index (χ2v) is 7.84. The number of nitrogens with one attached hydrogen (secondary N) is 1. The van der Waals surface area contributed by atoms with Gasteiger partial charge in [-0.25, -0.2) is 4.98 Å². The summed E-state index contributed by atoms with van der Waals surface area (Å²) in [6.45, 7) is 4.42. The van der Waals surface area contributed by atoms with Gasteiger partial charge in [-0.3, -0.25) is 4.79 Å². The van der Waals surface area contributed by atoms with E-state index in [2.05, 4.69) is 55.1 Å². The third-order valence-electron chi connectivity index (χ3n) is 3.91. The van der Waals surface area contributed by atoms with Crippen LogP contribution in [0.5, 0.6) is 0 Å². The van der Waals surface area contributed by atoms with Crippen molar-refractivity contribution in [2.75, 3.05) is 11.1 Å². The molecule has 8 heteroatoms. The summed E-state index contributed by atoms with van der Waals surface area (Å²) in [4.78, 5) is 16.3. The largest absolute Gasteiger partial charge is 0.310 e. The van der Waals surface area contributed by atoms with Crippen molar-refractivity contribution >= 4 is 39.4 Å². The van der Waals surface area contributed by atoms with Crippen molar-refractivity contribution in [3.63, 3.8) is 0 Å². The van der Waals surface area contributed by atoms with Gasteiger partial charge in [-0.05, 0) is 40.0 Å². The van der Waals surface area contributed by atoms with Crippen LogP contribution in [0.15, 0.2) is 70.9 Å². The van der Waals surface area contributed by atoms with E-state index in [1.54, 1.807) is 12.3 Å². The normalized spacial score (nSPS) is 10.6. The van der Waals surface area contributed by atoms with Crippen LogP contribution in [0.1, 0.15) is 11.4 Å². The molecule has 1 aromatic carbocycles. The molecule has 3 rings (SSSR count). The zero-order chi connectivity index (χ0) is 19.8. The van der Waals surface area contributed by atoms with E-state index in [4.69, 9.17) is 0 Å². The van der Waals surface area contributed by atoms with E-state index in [1.165, 1.54) is 17.3 Å². The number of hydrogen-bond acceptors (Lipinski definition) is 5. The lowest BCUT2D eigenvalue weighted by atomic mass is 10.1. The number of amides is 1. The number of pyridine rings is 1. The lowest BCUT2D eigenvalue weighted by Gasteiger charge is -2.08. The van der Waals surface area contributed by atoms with Gasteiger partial charge in [-0.15, -0.1) is 16.8 Å². The molecule has 0 aliphatic rings. The van der Waals surface area contributed by atoms with Crippen LogP contribution in [0.4, 0.5) is 5.82 Å². The molecule has 1 amide bonds. The second kappa shape index (κ2) is 10.2. The first-order valence-electron chi connectivity index (χ1n) is 8.77. The van der Waals surface area contributed by atoms with Crippen molar-refractivity contribution in [3.8, 4) is 0 Å². The molecular weight excluding hydrogens is 438 g/mol. The average Bonchev–Trinajstić information content (AvgIpc) is 3.09. The number of aryl methyl sites for hydroxylation is 2. The fourth-order valence-corrected chi connectivity index (χ4v) is 3.58. The molecule has 0 bridgehead atoms. The van der Waals surface area contributed by atoms with Crippen LogP contribution in [0.3, 0.4) is 0 Å². The van der Waals surface area contributed by atoms with Gasteiger partial charge in [0.25, 0.3) is 0 Å². The maximum Gasteiger partial charge on any atom is 0.236 e. The summed E-state index contributed by atoms with van der Waals surface area (Å²) < 4.78 is 2.87. The first-order valence-corrected chi connectivity index (χ1v) is 10.5. The van der Waals surface area contributed by atoms with Crippen molar-refractivity contribution in [2.45, 2.75) is 24.5 Å². The van der Waals surface area contributed by atoms with Crippen molar-refractivity contribution in [1.82, 2.24) is 19.7 Å². The molecule has 6 nitrogen and oxygen atoms in total. The molecule has 0 aliphatic carbocycles. The molecule has 0 atom stereocenters. The number of carbonyl (C=O) groups is 1. The highest BCUT2D eigenvalue weighted by atomic mass is 79.9. The summed E-state index contributed by atoms with van der Waals surface area (Å²) in [5.41, 5.74) is 1.26. The van der Waals surface area contributed by atoms with Gasteiger partial charge in [0.15, 0.2) is 5.16 Å². The number of allylic oxidation sites excluding steroid dienone is 1. The summed E-state index contributed by atoms with van der Waals surface area (Å²) in [5, 5.41) is 12.1. The number of aromatic nitrogens is 4. The number of halogens is 1. The molecule has 0 unspecified atom stereocenters. The van der Waals surface area contributed by atoms with Crippen LogP contribution >= 0.6 is 27.7 Å². The Morgan fingerprint density at radius 1 is 1.18 bits per heavy atom. The Morgan fingerprint density at radius 3 is 2.71 bits per heavy atom. The van der Waals surface area contributed by atoms with E-state index >= 15 is 0 Å². The van der Waals surface area contributed by atoms with E-state index in [9.17, 15) is 4.79 Å². The minimum absolute atomic E-state index is 0.140. The second-order valence-electron chi connectivity index (χ2n) is 5.98. The molecule has 0 radical (unpaired) electrons. The first kappa shape index (κ1) is 20.3. The molecule has 0 saturated heterocycles. The predicted molar refractivity (Wildman–Crippen MR) is 115 cm³/mol. The molecule has 3 aromatic rings. The smallest absolute Gasteiger partial charge is 0.236 e. The van der Waals surface area contributed by atoms with Crippen LogP contribution in [-0.4, -0.2) is 31.4 Å². The van der Waals surface area contributed by atoms with Gasteiger partial charge in [0.1, 0.15) is 11.6 Å². The minimum Gasteiger partial charge on any atom is -0.310 e. The minimum atomic E-state index is -0.140. The number of benzene rings is 1. The van der Waals surface area contributed by atoms with Crippen molar-refractivity contribution in [2.24, 2.45) is 0 Å². The number of hydrogen-bond donors (Lipinski definition) is 1. The SMILES string of the molecule is C=CCn1c(CCc2ccccc2)nnc1SCC(=O)Nc1ccc(Br)cn1. The maximum absolute atomic E-state index is 12.2. The molecule has 0 spiro atoms. The monoisotopic (exact) mass is 457 g/mol. The third-order valence-corrected chi connectivity index (χ3v) is 5.35. The summed E-state index contributed by atoms with van der Waals surface area (Å²) in [6.07, 6.45) is 5.12. The van der Waals surface area contributed by atoms with Crippen molar-refractivity contribution in [1.29, 1.82) is 0 Å². The number of carbonyl (C=O) groups excluding carboxylic acids is 1. The molecule has 0 aliphatic heterocycles. The highest BCUT2D eigenvalue weighted by molar-refractivity contribution is 9.10. The van der Waals surface area contributed by atoms with Crippen LogP contribution in [0.25, 0.3) is 0 Å². The van der Waals surface area contributed by atoms with Gasteiger partial charge in [0.2, 0.25) is 5.91 Å². The molecule has 28 heavy (non-hydrogen) atoms. The number of thioether (sulfide) groups is 1. The van der Waals surface area contributed by atoms with E-state index in [-0.39, 0.29) is 11.7 Å². The molecular formula is C20H20BrN5OS. The number of anilines is 1. The Bertz CT molecular complexity index is 928. The summed E-state index contributed by atoms with van der Waals surface area (Å²) in [6, 6.07) is 13.8. The van der Waals surface area contributed by atoms with Gasteiger partial charge in [-0.2, -0.15) is 0 Å². The Morgan fingerprint density at radius 2 is 2.00 bits per heavy atom. The van der Waals surface area contributed by atoms with E-state index in [1.807, 2.05) is 34.9 Å². The topological polar surface area (TPSA) is 72.7 Å². The van der Waals surface area contributed by atoms with Gasteiger partial charge in [-0.1, -0.05) is 48.2 Å². The molecule has 2 heterocycles. The Balaban J connectivity index is 1.59. The molecule has 1 N–H and O–H groups in total. The standard InChI is InChI=1S/C20H20BrN5OS/c1-2-12-26-18(11-8-15-6-4-3-5-7-15)24-25-20(26)28-14-19(27)23-17-10-9-16(21)13-22-17/h2-7,9-10,13H,1,8,11-12,14H2,(H,22,23,27). The van der Waals surface area contributed by atoms with Gasteiger partial charge < -0.3 is 9.88 Å². The molecule has 0 fully saturated rings. The Kier molecular flexibility index (Phi) is 7.39. The van der Waals surface area contributed by atoms with Crippen molar-refractivity contribution in [3.05, 3.63) is 77.2 Å². The van der Waals surface area contributed by atoms with Gasteiger partial charge in [0, 0.05) is 23.6 Å². The Hall–Kier alpha value is -2.45. The van der Waals surface area contributed by atoms with E-state index < -0.39 is 0 Å². The first-order chi connectivity index (χ1) is 13.7. The maximum atomic E-state index is 12.2. The van der Waals surface area contributed by atoms with Crippen LogP contribution in [0.2, 0.25) is 0 Å². The zero-order valence-electron chi connectivity index (χ0n) is 15.2. The molecule has 2 aromatic heterocycles. The summed E-state index contributed by atoms with van der Waals surface area (Å²) >= 11 is 4.67. The third kappa shape index (κ3) is 5.77. The number of rotatable bonds is 9. The van der Waals surface area contributed by atoms with E-state index in [0.29, 0.717) is 17.5 Å². The van der Waals surface area contributed by atoms with Crippen molar-refractivity contribution < 1.29 is 4.79 Å². The number of nitrogens with zero attached hydrogens (tertiary/aromatic N) is 4. The quantitative estimate of drug-likeness (QED) is 0.386. The fourth-order valence-electron chi connectivity index (χ4n) is 2.58. The summed E-state index contributed by atoms with van der Waals surface area (Å²) in [5.74, 6) is 1.50. The van der Waals surface area contributed by atoms with Crippen LogP contribution in [-0.2, 0) is 24.2 Å². The predicted octanol–water partition coefficient (Wildman–Crippen LogP) is 4.14. The van der Waals surface area contributed by atoms with Crippen LogP contribution in [0, 0.1) is 0 Å². The van der Waals surface area contributed by atoms with Crippen LogP contribution < -0.4 is 5.32 Å². The lowest BCUT2D eigenvalue weighted by Crippen LogP contribution is -2.15. The van der Waals surface area contributed by atoms with Gasteiger partial charge >= 0.3 is 0 Å². The van der Waals surface area contributed by atoms with Gasteiger partial charge in [0.05, 0.1) is 5.75 Å².